The Balaban J connectivity index is 1.89. The zero-order chi connectivity index (χ0) is 13.9. The highest BCUT2D eigenvalue weighted by atomic mass is 32.2. The molecule has 1 fully saturated rings. The molecule has 7 heteroatoms. The maximum Gasteiger partial charge on any atom is 0.514 e. The molecule has 1 atom stereocenters. The van der Waals surface area contributed by atoms with Gasteiger partial charge in [-0.3, -0.25) is 4.18 Å². The summed E-state index contributed by atoms with van der Waals surface area (Å²) in [6, 6.07) is 6.86. The van der Waals surface area contributed by atoms with E-state index < -0.39 is 22.4 Å². The van der Waals surface area contributed by atoms with Gasteiger partial charge in [0.15, 0.2) is 0 Å². The Hall–Kier alpha value is -1.60. The summed E-state index contributed by atoms with van der Waals surface area (Å²) in [6.45, 7) is 1.93. The Morgan fingerprint density at radius 2 is 2.00 bits per heavy atom. The molecule has 0 aliphatic carbocycles. The lowest BCUT2D eigenvalue weighted by molar-refractivity contribution is 0.0508. The number of hydrogen-bond donors (Lipinski definition) is 0. The second kappa shape index (κ2) is 5.58. The van der Waals surface area contributed by atoms with E-state index in [1.807, 2.05) is 6.92 Å². The van der Waals surface area contributed by atoms with Crippen LogP contribution in [-0.2, 0) is 19.0 Å². The topological polar surface area (TPSA) is 78.9 Å². The number of benzene rings is 1. The fourth-order valence-electron chi connectivity index (χ4n) is 1.62. The van der Waals surface area contributed by atoms with Gasteiger partial charge in [0.25, 0.3) is 10.1 Å². The number of aryl methyl sites for hydroxylation is 1. The van der Waals surface area contributed by atoms with Crippen LogP contribution in [0.25, 0.3) is 0 Å². The van der Waals surface area contributed by atoms with Gasteiger partial charge >= 0.3 is 6.16 Å². The van der Waals surface area contributed by atoms with Gasteiger partial charge in [-0.1, -0.05) is 17.7 Å². The molecule has 1 aliphatic heterocycles. The van der Waals surface area contributed by atoms with Crippen molar-refractivity contribution in [1.82, 2.24) is 0 Å². The summed E-state index contributed by atoms with van der Waals surface area (Å²) in [5, 5.41) is 0. The largest absolute Gasteiger partial charge is 0.514 e. The average molecular weight is 286 g/mol. The quantitative estimate of drug-likeness (QED) is 0.467. The summed E-state index contributed by atoms with van der Waals surface area (Å²) in [4.78, 5) is 11.5. The normalized spacial score (nSPS) is 21.6. The zero-order valence-electron chi connectivity index (χ0n) is 10.4. The van der Waals surface area contributed by atoms with Crippen molar-refractivity contribution in [2.45, 2.75) is 19.4 Å². The van der Waals surface area contributed by atoms with Crippen LogP contribution in [0.2, 0.25) is 0 Å². The zero-order valence-corrected chi connectivity index (χ0v) is 11.2. The summed E-state index contributed by atoms with van der Waals surface area (Å²) in [5.74, 6) is 0.0150. The van der Waals surface area contributed by atoms with Crippen LogP contribution in [0, 0.1) is 6.92 Å². The van der Waals surface area contributed by atoms with Crippen LogP contribution in [-0.4, -0.2) is 33.0 Å². The summed E-state index contributed by atoms with van der Waals surface area (Å²) in [5.41, 5.74) is 1.04. The minimum Gasteiger partial charge on any atom is -0.429 e. The second-order valence-corrected chi connectivity index (χ2v) is 5.92. The van der Waals surface area contributed by atoms with Crippen LogP contribution in [0.15, 0.2) is 24.3 Å². The van der Waals surface area contributed by atoms with Gasteiger partial charge in [-0.05, 0) is 19.1 Å². The number of hydrogen-bond acceptors (Lipinski definition) is 6. The van der Waals surface area contributed by atoms with Gasteiger partial charge in [0.05, 0.1) is 6.61 Å². The molecule has 6 nitrogen and oxygen atoms in total. The molecule has 1 heterocycles. The fraction of sp³-hybridized carbons (Fsp3) is 0.417. The molecule has 0 saturated carbocycles. The van der Waals surface area contributed by atoms with Crippen LogP contribution in [0.5, 0.6) is 5.75 Å². The first-order chi connectivity index (χ1) is 8.94. The molecule has 19 heavy (non-hydrogen) atoms. The van der Waals surface area contributed by atoms with Crippen molar-refractivity contribution in [2.75, 3.05) is 12.4 Å². The van der Waals surface area contributed by atoms with Crippen LogP contribution in [0.3, 0.4) is 0 Å². The maximum atomic E-state index is 11.5. The van der Waals surface area contributed by atoms with Crippen molar-refractivity contribution in [3.05, 3.63) is 29.8 Å². The first kappa shape index (κ1) is 13.8. The molecule has 1 aromatic carbocycles. The second-order valence-electron chi connectivity index (χ2n) is 4.24. The SMILES string of the molecule is Cc1ccc(OC(=O)OC2CCOS(=O)(=O)C2)cc1. The lowest BCUT2D eigenvalue weighted by Crippen LogP contribution is -2.34. The molecule has 0 aromatic heterocycles. The summed E-state index contributed by atoms with van der Waals surface area (Å²) in [7, 11) is -3.59. The van der Waals surface area contributed by atoms with E-state index in [1.54, 1.807) is 24.3 Å². The van der Waals surface area contributed by atoms with Crippen molar-refractivity contribution in [2.24, 2.45) is 0 Å². The standard InChI is InChI=1S/C12H14O6S/c1-9-2-4-10(5-3-9)17-12(13)18-11-6-7-16-19(14,15)8-11/h2-5,11H,6-8H2,1H3. The van der Waals surface area contributed by atoms with E-state index in [1.165, 1.54) is 0 Å². The van der Waals surface area contributed by atoms with Gasteiger partial charge in [0, 0.05) is 6.42 Å². The highest BCUT2D eigenvalue weighted by Crippen LogP contribution is 2.16. The third-order valence-electron chi connectivity index (χ3n) is 2.58. The lowest BCUT2D eigenvalue weighted by atomic mass is 10.2. The van der Waals surface area contributed by atoms with E-state index >= 15 is 0 Å². The minimum absolute atomic E-state index is 0.0187. The molecule has 0 N–H and O–H groups in total. The predicted molar refractivity (Wildman–Crippen MR) is 66.4 cm³/mol. The Bertz CT molecular complexity index is 548. The van der Waals surface area contributed by atoms with Crippen LogP contribution in [0.1, 0.15) is 12.0 Å². The Labute approximate surface area is 111 Å². The summed E-state index contributed by atoms with van der Waals surface area (Å²) in [6.07, 6.45) is -1.30. The van der Waals surface area contributed by atoms with Gasteiger partial charge in [-0.25, -0.2) is 4.79 Å². The number of carbonyl (C=O) groups is 1. The number of carbonyl (C=O) groups excluding carboxylic acids is 1. The third kappa shape index (κ3) is 4.22. The fourth-order valence-corrected chi connectivity index (χ4v) is 2.76. The van der Waals surface area contributed by atoms with E-state index in [-0.39, 0.29) is 12.4 Å². The van der Waals surface area contributed by atoms with Crippen LogP contribution >= 0.6 is 0 Å². The van der Waals surface area contributed by atoms with Gasteiger partial charge in [0.2, 0.25) is 0 Å². The van der Waals surface area contributed by atoms with E-state index in [9.17, 15) is 13.2 Å². The average Bonchev–Trinajstić information content (AvgIpc) is 2.30. The number of ether oxygens (including phenoxy) is 2. The highest BCUT2D eigenvalue weighted by molar-refractivity contribution is 7.86. The van der Waals surface area contributed by atoms with E-state index in [0.29, 0.717) is 12.2 Å². The molecule has 104 valence electrons. The number of rotatable bonds is 2. The Morgan fingerprint density at radius 1 is 1.32 bits per heavy atom. The first-order valence-electron chi connectivity index (χ1n) is 5.77. The smallest absolute Gasteiger partial charge is 0.429 e. The monoisotopic (exact) mass is 286 g/mol. The van der Waals surface area contributed by atoms with Crippen molar-refractivity contribution in [1.29, 1.82) is 0 Å². The highest BCUT2D eigenvalue weighted by Gasteiger charge is 2.29. The summed E-state index contributed by atoms with van der Waals surface area (Å²) < 4.78 is 36.8. The van der Waals surface area contributed by atoms with E-state index in [2.05, 4.69) is 4.18 Å². The maximum absolute atomic E-state index is 11.5. The molecule has 2 rings (SSSR count). The van der Waals surface area contributed by atoms with Crippen LogP contribution < -0.4 is 4.74 Å². The predicted octanol–water partition coefficient (Wildman–Crippen LogP) is 1.63. The molecule has 0 amide bonds. The van der Waals surface area contributed by atoms with Crippen molar-refractivity contribution in [3.8, 4) is 5.75 Å². The van der Waals surface area contributed by atoms with E-state index in [4.69, 9.17) is 9.47 Å². The van der Waals surface area contributed by atoms with Crippen LogP contribution in [0.4, 0.5) is 4.79 Å². The summed E-state index contributed by atoms with van der Waals surface area (Å²) >= 11 is 0. The minimum atomic E-state index is -3.59. The molecule has 1 aliphatic rings. The first-order valence-corrected chi connectivity index (χ1v) is 7.34. The van der Waals surface area contributed by atoms with Gasteiger partial charge in [-0.15, -0.1) is 0 Å². The molecule has 0 spiro atoms. The molecule has 1 unspecified atom stereocenters. The Morgan fingerprint density at radius 3 is 2.63 bits per heavy atom. The molecular formula is C12H14O6S. The van der Waals surface area contributed by atoms with Crippen molar-refractivity contribution < 1.29 is 26.9 Å². The lowest BCUT2D eigenvalue weighted by Gasteiger charge is -2.21. The van der Waals surface area contributed by atoms with Gasteiger partial charge in [0.1, 0.15) is 17.6 Å². The third-order valence-corrected chi connectivity index (χ3v) is 3.88. The Kier molecular flexibility index (Phi) is 4.06. The van der Waals surface area contributed by atoms with E-state index in [0.717, 1.165) is 5.56 Å². The molecular weight excluding hydrogens is 272 g/mol. The van der Waals surface area contributed by atoms with Gasteiger partial charge in [-0.2, -0.15) is 8.42 Å². The molecule has 1 saturated heterocycles. The van der Waals surface area contributed by atoms with Crippen molar-refractivity contribution in [3.63, 3.8) is 0 Å². The molecule has 0 bridgehead atoms. The molecule has 1 aromatic rings. The van der Waals surface area contributed by atoms with Gasteiger partial charge < -0.3 is 9.47 Å². The molecule has 0 radical (unpaired) electrons. The van der Waals surface area contributed by atoms with Crippen molar-refractivity contribution >= 4 is 16.3 Å².